The Balaban J connectivity index is 1.72. The van der Waals surface area contributed by atoms with Gasteiger partial charge in [0.25, 0.3) is 5.91 Å². The van der Waals surface area contributed by atoms with Crippen LogP contribution in [0.25, 0.3) is 0 Å². The largest absolute Gasteiger partial charge is 0.490 e. The number of nitrogens with one attached hydrogen (secondary N) is 1. The monoisotopic (exact) mass is 375 g/mol. The highest BCUT2D eigenvalue weighted by Gasteiger charge is 2.12. The maximum Gasteiger partial charge on any atom is 0.255 e. The fraction of sp³-hybridized carbons (Fsp3) is 0.208. The van der Waals surface area contributed by atoms with Gasteiger partial charge in [-0.3, -0.25) is 4.79 Å². The third kappa shape index (κ3) is 5.13. The number of amides is 1. The number of anilines is 1. The molecular formula is C24H25NO3. The molecule has 3 aromatic rings. The van der Waals surface area contributed by atoms with Gasteiger partial charge in [-0.15, -0.1) is 0 Å². The molecule has 0 saturated heterocycles. The molecule has 0 aromatic heterocycles. The quantitative estimate of drug-likeness (QED) is 0.567. The summed E-state index contributed by atoms with van der Waals surface area (Å²) in [5, 5.41) is 2.92. The van der Waals surface area contributed by atoms with Crippen molar-refractivity contribution < 1.29 is 14.3 Å². The van der Waals surface area contributed by atoms with Crippen LogP contribution < -0.4 is 14.8 Å². The van der Waals surface area contributed by atoms with Gasteiger partial charge in [-0.2, -0.15) is 0 Å². The Hall–Kier alpha value is -3.27. The number of hydrogen-bond acceptors (Lipinski definition) is 3. The Morgan fingerprint density at radius 1 is 0.821 bits per heavy atom. The highest BCUT2D eigenvalue weighted by atomic mass is 16.5. The first-order chi connectivity index (χ1) is 13.7. The zero-order chi connectivity index (χ0) is 19.8. The van der Waals surface area contributed by atoms with Crippen molar-refractivity contribution in [1.29, 1.82) is 0 Å². The predicted molar refractivity (Wildman–Crippen MR) is 112 cm³/mol. The summed E-state index contributed by atoms with van der Waals surface area (Å²) in [6.45, 7) is 4.94. The average molecular weight is 375 g/mol. The maximum atomic E-state index is 12.6. The van der Waals surface area contributed by atoms with Gasteiger partial charge in [-0.1, -0.05) is 49.4 Å². The minimum Gasteiger partial charge on any atom is -0.490 e. The minimum atomic E-state index is -0.181. The lowest BCUT2D eigenvalue weighted by Crippen LogP contribution is -2.12. The van der Waals surface area contributed by atoms with Crippen LogP contribution in [-0.4, -0.2) is 12.5 Å². The summed E-state index contributed by atoms with van der Waals surface area (Å²) in [4.78, 5) is 12.6. The Labute approximate surface area is 166 Å². The van der Waals surface area contributed by atoms with E-state index in [0.717, 1.165) is 17.7 Å². The fourth-order valence-electron chi connectivity index (χ4n) is 2.80. The second-order valence-electron chi connectivity index (χ2n) is 6.37. The second-order valence-corrected chi connectivity index (χ2v) is 6.37. The van der Waals surface area contributed by atoms with Crippen LogP contribution in [-0.2, 0) is 13.0 Å². The smallest absolute Gasteiger partial charge is 0.255 e. The van der Waals surface area contributed by atoms with Crippen LogP contribution in [0.5, 0.6) is 11.5 Å². The number of carbonyl (C=O) groups is 1. The molecule has 0 radical (unpaired) electrons. The molecule has 0 fully saturated rings. The molecule has 4 nitrogen and oxygen atoms in total. The first kappa shape index (κ1) is 19.5. The predicted octanol–water partition coefficient (Wildman–Crippen LogP) is 5.48. The third-order valence-corrected chi connectivity index (χ3v) is 4.36. The lowest BCUT2D eigenvalue weighted by Gasteiger charge is -2.14. The fourth-order valence-corrected chi connectivity index (χ4v) is 2.80. The van der Waals surface area contributed by atoms with Crippen molar-refractivity contribution in [1.82, 2.24) is 0 Å². The summed E-state index contributed by atoms with van der Waals surface area (Å²) >= 11 is 0. The van der Waals surface area contributed by atoms with Crippen molar-refractivity contribution in [3.63, 3.8) is 0 Å². The first-order valence-electron chi connectivity index (χ1n) is 9.53. The van der Waals surface area contributed by atoms with Gasteiger partial charge in [0.2, 0.25) is 0 Å². The molecule has 1 N–H and O–H groups in total. The van der Waals surface area contributed by atoms with Gasteiger partial charge in [-0.25, -0.2) is 0 Å². The number of carbonyl (C=O) groups excluding carboxylic acids is 1. The molecule has 0 aliphatic carbocycles. The molecule has 0 spiro atoms. The van der Waals surface area contributed by atoms with Crippen molar-refractivity contribution in [3.8, 4) is 11.5 Å². The summed E-state index contributed by atoms with van der Waals surface area (Å²) in [5.41, 5.74) is 3.60. The van der Waals surface area contributed by atoms with Crippen LogP contribution in [0.2, 0.25) is 0 Å². The summed E-state index contributed by atoms with van der Waals surface area (Å²) in [7, 11) is 0. The van der Waals surface area contributed by atoms with Crippen LogP contribution >= 0.6 is 0 Å². The van der Waals surface area contributed by atoms with Crippen LogP contribution in [0.15, 0.2) is 72.8 Å². The molecule has 0 bridgehead atoms. The van der Waals surface area contributed by atoms with Gasteiger partial charge < -0.3 is 14.8 Å². The van der Waals surface area contributed by atoms with Gasteiger partial charge in [0.05, 0.1) is 6.61 Å². The van der Waals surface area contributed by atoms with E-state index in [1.807, 2.05) is 61.5 Å². The highest BCUT2D eigenvalue weighted by molar-refractivity contribution is 6.04. The van der Waals surface area contributed by atoms with Crippen LogP contribution in [0.3, 0.4) is 0 Å². The van der Waals surface area contributed by atoms with Gasteiger partial charge in [0.15, 0.2) is 11.5 Å². The lowest BCUT2D eigenvalue weighted by molar-refractivity contribution is 0.102. The SMILES string of the molecule is CCOc1cc(C(=O)Nc2ccc(CC)cc2)ccc1OCc1ccccc1. The minimum absolute atomic E-state index is 0.181. The van der Waals surface area contributed by atoms with Crippen molar-refractivity contribution in [3.05, 3.63) is 89.5 Å². The molecule has 1 amide bonds. The van der Waals surface area contributed by atoms with Gasteiger partial charge in [0, 0.05) is 11.3 Å². The van der Waals surface area contributed by atoms with E-state index in [0.29, 0.717) is 30.3 Å². The van der Waals surface area contributed by atoms with E-state index in [4.69, 9.17) is 9.47 Å². The van der Waals surface area contributed by atoms with E-state index < -0.39 is 0 Å². The molecule has 3 aromatic carbocycles. The number of hydrogen-bond donors (Lipinski definition) is 1. The van der Waals surface area contributed by atoms with Crippen molar-refractivity contribution >= 4 is 11.6 Å². The highest BCUT2D eigenvalue weighted by Crippen LogP contribution is 2.29. The van der Waals surface area contributed by atoms with Crippen molar-refractivity contribution in [2.24, 2.45) is 0 Å². The number of benzene rings is 3. The zero-order valence-corrected chi connectivity index (χ0v) is 16.3. The Morgan fingerprint density at radius 2 is 1.57 bits per heavy atom. The number of aryl methyl sites for hydroxylation is 1. The van der Waals surface area contributed by atoms with Crippen LogP contribution in [0.1, 0.15) is 35.3 Å². The first-order valence-corrected chi connectivity index (χ1v) is 9.53. The van der Waals surface area contributed by atoms with E-state index in [1.54, 1.807) is 18.2 Å². The number of ether oxygens (including phenoxy) is 2. The van der Waals surface area contributed by atoms with Gasteiger partial charge in [-0.05, 0) is 54.8 Å². The molecule has 0 atom stereocenters. The Kier molecular flexibility index (Phi) is 6.68. The molecule has 3 rings (SSSR count). The molecule has 0 aliphatic heterocycles. The summed E-state index contributed by atoms with van der Waals surface area (Å²) in [6.07, 6.45) is 0.969. The topological polar surface area (TPSA) is 47.6 Å². The summed E-state index contributed by atoms with van der Waals surface area (Å²) < 4.78 is 11.6. The van der Waals surface area contributed by atoms with E-state index in [1.165, 1.54) is 5.56 Å². The molecule has 28 heavy (non-hydrogen) atoms. The van der Waals surface area contributed by atoms with E-state index in [-0.39, 0.29) is 5.91 Å². The van der Waals surface area contributed by atoms with Crippen LogP contribution in [0, 0.1) is 0 Å². The second kappa shape index (κ2) is 9.60. The van der Waals surface area contributed by atoms with Crippen molar-refractivity contribution in [2.75, 3.05) is 11.9 Å². The molecule has 0 heterocycles. The molecular weight excluding hydrogens is 350 g/mol. The molecule has 0 saturated carbocycles. The Morgan fingerprint density at radius 3 is 2.25 bits per heavy atom. The Bertz CT molecular complexity index is 905. The maximum absolute atomic E-state index is 12.6. The van der Waals surface area contributed by atoms with E-state index in [2.05, 4.69) is 12.2 Å². The van der Waals surface area contributed by atoms with E-state index in [9.17, 15) is 4.79 Å². The third-order valence-electron chi connectivity index (χ3n) is 4.36. The summed E-state index contributed by atoms with van der Waals surface area (Å²) in [6, 6.07) is 23.0. The molecule has 144 valence electrons. The number of rotatable bonds is 8. The zero-order valence-electron chi connectivity index (χ0n) is 16.3. The standard InChI is InChI=1S/C24H25NO3/c1-3-18-10-13-21(14-11-18)25-24(26)20-12-15-22(23(16-20)27-4-2)28-17-19-8-6-5-7-9-19/h5-16H,3-4,17H2,1-2H3,(H,25,26). The van der Waals surface area contributed by atoms with E-state index >= 15 is 0 Å². The van der Waals surface area contributed by atoms with Gasteiger partial charge in [0.1, 0.15) is 6.61 Å². The lowest BCUT2D eigenvalue weighted by atomic mass is 10.1. The van der Waals surface area contributed by atoms with Crippen LogP contribution in [0.4, 0.5) is 5.69 Å². The normalized spacial score (nSPS) is 10.4. The molecule has 0 unspecified atom stereocenters. The molecule has 4 heteroatoms. The summed E-state index contributed by atoms with van der Waals surface area (Å²) in [5.74, 6) is 1.00. The van der Waals surface area contributed by atoms with Crippen molar-refractivity contribution in [2.45, 2.75) is 26.9 Å². The van der Waals surface area contributed by atoms with Gasteiger partial charge >= 0.3 is 0 Å². The average Bonchev–Trinajstić information content (AvgIpc) is 2.74. The molecule has 0 aliphatic rings.